The van der Waals surface area contributed by atoms with Crippen LogP contribution < -0.4 is 4.90 Å². The first-order valence-corrected chi connectivity index (χ1v) is 12.1. The Morgan fingerprint density at radius 2 is 1.90 bits per heavy atom. The summed E-state index contributed by atoms with van der Waals surface area (Å²) in [5.74, 6) is -0.521. The maximum atomic E-state index is 13.4. The summed E-state index contributed by atoms with van der Waals surface area (Å²) in [6, 6.07) is 13.7. The summed E-state index contributed by atoms with van der Waals surface area (Å²) in [6.45, 7) is 3.35. The van der Waals surface area contributed by atoms with E-state index in [-0.39, 0.29) is 4.90 Å². The van der Waals surface area contributed by atoms with Gasteiger partial charge < -0.3 is 4.90 Å². The van der Waals surface area contributed by atoms with Crippen LogP contribution in [0.4, 0.5) is 9.52 Å². The number of rotatable bonds is 5. The minimum Gasteiger partial charge on any atom is -0.348 e. The van der Waals surface area contributed by atoms with Crippen LogP contribution in [-0.4, -0.2) is 31.7 Å². The Balaban J connectivity index is 1.40. The van der Waals surface area contributed by atoms with Crippen LogP contribution >= 0.6 is 11.3 Å². The lowest BCUT2D eigenvalue weighted by Crippen LogP contribution is -2.39. The van der Waals surface area contributed by atoms with Gasteiger partial charge in [0.15, 0.2) is 15.0 Å². The predicted molar refractivity (Wildman–Crippen MR) is 115 cm³/mol. The molecule has 0 amide bonds. The molecule has 7 heteroatoms. The summed E-state index contributed by atoms with van der Waals surface area (Å²) in [4.78, 5) is 6.99. The highest BCUT2D eigenvalue weighted by Gasteiger charge is 2.32. The second kappa shape index (κ2) is 8.24. The van der Waals surface area contributed by atoms with Crippen LogP contribution in [0.25, 0.3) is 0 Å². The van der Waals surface area contributed by atoms with Gasteiger partial charge in [0.1, 0.15) is 5.82 Å². The number of aromatic nitrogens is 1. The minimum absolute atomic E-state index is 0.0747. The molecule has 4 nitrogen and oxygen atoms in total. The van der Waals surface area contributed by atoms with E-state index in [4.69, 9.17) is 4.98 Å². The van der Waals surface area contributed by atoms with E-state index < -0.39 is 20.9 Å². The van der Waals surface area contributed by atoms with Crippen LogP contribution in [-0.2, 0) is 16.3 Å². The van der Waals surface area contributed by atoms with E-state index in [1.54, 1.807) is 11.3 Å². The molecule has 1 aliphatic rings. The summed E-state index contributed by atoms with van der Waals surface area (Å²) >= 11 is 1.60. The Hall–Kier alpha value is -2.25. The molecule has 2 aromatic carbocycles. The fraction of sp³-hybridized carbons (Fsp3) is 0.318. The van der Waals surface area contributed by atoms with Crippen molar-refractivity contribution in [1.29, 1.82) is 0 Å². The van der Waals surface area contributed by atoms with Gasteiger partial charge in [0.25, 0.3) is 0 Å². The first kappa shape index (κ1) is 20.0. The van der Waals surface area contributed by atoms with Crippen LogP contribution in [0.5, 0.6) is 0 Å². The number of benzene rings is 2. The molecule has 0 N–H and O–H groups in total. The second-order valence-electron chi connectivity index (χ2n) is 7.48. The molecule has 0 radical (unpaired) electrons. The maximum absolute atomic E-state index is 13.4. The molecule has 0 bridgehead atoms. The summed E-state index contributed by atoms with van der Waals surface area (Å²) < 4.78 is 39.1. The monoisotopic (exact) mass is 430 g/mol. The van der Waals surface area contributed by atoms with Gasteiger partial charge in [-0.25, -0.2) is 17.8 Å². The Labute approximate surface area is 175 Å². The fourth-order valence-corrected chi connectivity index (χ4v) is 6.39. The normalized spacial score (nSPS) is 15.6. The van der Waals surface area contributed by atoms with Crippen LogP contribution in [0.15, 0.2) is 58.8 Å². The zero-order valence-corrected chi connectivity index (χ0v) is 17.8. The summed E-state index contributed by atoms with van der Waals surface area (Å²) in [5, 5.41) is 2.54. The largest absolute Gasteiger partial charge is 0.348 e. The molecule has 4 rings (SSSR count). The first-order valence-electron chi connectivity index (χ1n) is 9.66. The summed E-state index contributed by atoms with van der Waals surface area (Å²) in [5.41, 5.74) is 3.51. The van der Waals surface area contributed by atoms with E-state index in [1.807, 2.05) is 0 Å². The van der Waals surface area contributed by atoms with Crippen LogP contribution in [0.1, 0.15) is 29.7 Å². The average molecular weight is 431 g/mol. The predicted octanol–water partition coefficient (Wildman–Crippen LogP) is 4.62. The van der Waals surface area contributed by atoms with Crippen molar-refractivity contribution >= 4 is 26.3 Å². The van der Waals surface area contributed by atoms with Gasteiger partial charge in [-0.05, 0) is 43.5 Å². The van der Waals surface area contributed by atoms with Crippen molar-refractivity contribution in [2.45, 2.75) is 36.3 Å². The van der Waals surface area contributed by atoms with E-state index in [0.717, 1.165) is 23.3 Å². The third-order valence-electron chi connectivity index (χ3n) is 5.28. The number of piperidine rings is 1. The molecule has 0 aliphatic carbocycles. The number of hydrogen-bond donors (Lipinski definition) is 0. The molecule has 0 spiro atoms. The van der Waals surface area contributed by atoms with Gasteiger partial charge in [-0.1, -0.05) is 35.9 Å². The van der Waals surface area contributed by atoms with Gasteiger partial charge in [0.05, 0.1) is 15.8 Å². The second-order valence-corrected chi connectivity index (χ2v) is 10.5. The molecule has 0 atom stereocenters. The lowest BCUT2D eigenvalue weighted by atomic mass is 10.1. The molecule has 152 valence electrons. The maximum Gasteiger partial charge on any atom is 0.185 e. The van der Waals surface area contributed by atoms with Crippen molar-refractivity contribution in [3.05, 3.63) is 76.5 Å². The van der Waals surface area contributed by atoms with Crippen LogP contribution in [0.2, 0.25) is 0 Å². The van der Waals surface area contributed by atoms with Gasteiger partial charge in [0, 0.05) is 24.9 Å². The molecule has 1 fully saturated rings. The lowest BCUT2D eigenvalue weighted by Gasteiger charge is -2.31. The summed E-state index contributed by atoms with van der Waals surface area (Å²) in [6.07, 6.45) is 1.83. The van der Waals surface area contributed by atoms with Crippen molar-refractivity contribution in [3.63, 3.8) is 0 Å². The number of anilines is 1. The molecule has 2 heterocycles. The van der Waals surface area contributed by atoms with Crippen LogP contribution in [0.3, 0.4) is 0 Å². The standard InChI is InChI=1S/C22H23FN2O2S2/c1-16-4-2-5-17(12-16)13-19-15-28-22(24-19)25-10-8-20(9-11-25)29(26,27)21-7-3-6-18(23)14-21/h2-7,12,14-15,20H,8-11,13H2,1H3. The highest BCUT2D eigenvalue weighted by molar-refractivity contribution is 7.92. The molecule has 3 aromatic rings. The van der Waals surface area contributed by atoms with Gasteiger partial charge in [0.2, 0.25) is 0 Å². The molecule has 1 aromatic heterocycles. The Kier molecular flexibility index (Phi) is 5.69. The Morgan fingerprint density at radius 3 is 2.62 bits per heavy atom. The molecule has 1 aliphatic heterocycles. The number of halogens is 1. The van der Waals surface area contributed by atoms with E-state index in [1.165, 1.54) is 29.3 Å². The fourth-order valence-electron chi connectivity index (χ4n) is 3.75. The Morgan fingerprint density at radius 1 is 1.14 bits per heavy atom. The van der Waals surface area contributed by atoms with Gasteiger partial charge >= 0.3 is 0 Å². The Bertz CT molecular complexity index is 1100. The molecular weight excluding hydrogens is 407 g/mol. The SMILES string of the molecule is Cc1cccc(Cc2csc(N3CCC(S(=O)(=O)c4cccc(F)c4)CC3)n2)c1. The molecule has 0 saturated carbocycles. The van der Waals surface area contributed by atoms with Crippen molar-refractivity contribution < 1.29 is 12.8 Å². The number of aryl methyl sites for hydroxylation is 1. The van der Waals surface area contributed by atoms with Gasteiger partial charge in [-0.3, -0.25) is 0 Å². The lowest BCUT2D eigenvalue weighted by molar-refractivity contribution is 0.528. The smallest absolute Gasteiger partial charge is 0.185 e. The first-order chi connectivity index (χ1) is 13.9. The highest BCUT2D eigenvalue weighted by Crippen LogP contribution is 2.29. The molecule has 0 unspecified atom stereocenters. The van der Waals surface area contributed by atoms with E-state index >= 15 is 0 Å². The number of nitrogens with zero attached hydrogens (tertiary/aromatic N) is 2. The van der Waals surface area contributed by atoms with E-state index in [2.05, 4.69) is 41.5 Å². The van der Waals surface area contributed by atoms with Crippen molar-refractivity contribution in [2.24, 2.45) is 0 Å². The molecular formula is C22H23FN2O2S2. The van der Waals surface area contributed by atoms with Crippen molar-refractivity contribution in [3.8, 4) is 0 Å². The number of sulfone groups is 1. The average Bonchev–Trinajstić information content (AvgIpc) is 3.16. The topological polar surface area (TPSA) is 50.3 Å². The summed E-state index contributed by atoms with van der Waals surface area (Å²) in [7, 11) is -3.51. The van der Waals surface area contributed by atoms with E-state index in [0.29, 0.717) is 25.9 Å². The zero-order chi connectivity index (χ0) is 20.4. The third-order valence-corrected chi connectivity index (χ3v) is 8.49. The highest BCUT2D eigenvalue weighted by atomic mass is 32.2. The zero-order valence-electron chi connectivity index (χ0n) is 16.2. The molecule has 1 saturated heterocycles. The van der Waals surface area contributed by atoms with Crippen molar-refractivity contribution in [1.82, 2.24) is 4.98 Å². The molecule has 29 heavy (non-hydrogen) atoms. The van der Waals surface area contributed by atoms with Crippen molar-refractivity contribution in [2.75, 3.05) is 18.0 Å². The van der Waals surface area contributed by atoms with E-state index in [9.17, 15) is 12.8 Å². The third kappa shape index (κ3) is 4.51. The number of hydrogen-bond acceptors (Lipinski definition) is 5. The number of thiazole rings is 1. The quantitative estimate of drug-likeness (QED) is 0.592. The van der Waals surface area contributed by atoms with Gasteiger partial charge in [-0.2, -0.15) is 0 Å². The van der Waals surface area contributed by atoms with Gasteiger partial charge in [-0.15, -0.1) is 11.3 Å². The minimum atomic E-state index is -3.51. The van der Waals surface area contributed by atoms with Crippen LogP contribution in [0, 0.1) is 12.7 Å².